The highest BCUT2D eigenvalue weighted by Gasteiger charge is 2.06. The van der Waals surface area contributed by atoms with Gasteiger partial charge in [-0.05, 0) is 13.0 Å². The monoisotopic (exact) mass is 220 g/mol. The molecule has 0 saturated carbocycles. The fourth-order valence-corrected chi connectivity index (χ4v) is 1.34. The van der Waals surface area contributed by atoms with E-state index >= 15 is 0 Å². The van der Waals surface area contributed by atoms with E-state index in [9.17, 15) is 0 Å². The number of anilines is 2. The minimum Gasteiger partial charge on any atom is -0.369 e. The van der Waals surface area contributed by atoms with Crippen LogP contribution < -0.4 is 16.6 Å². The molecule has 4 nitrogen and oxygen atoms in total. The van der Waals surface area contributed by atoms with Crippen LogP contribution in [0.15, 0.2) is 6.07 Å². The maximum atomic E-state index is 5.86. The summed E-state index contributed by atoms with van der Waals surface area (Å²) in [5, 5.41) is 3.86. The second-order valence-corrected chi connectivity index (χ2v) is 3.14. The molecule has 0 aliphatic carbocycles. The fraction of sp³-hybridized carbons (Fsp3) is 0.286. The first-order chi connectivity index (χ1) is 6.19. The van der Waals surface area contributed by atoms with Gasteiger partial charge in [0.15, 0.2) is 5.82 Å². The van der Waals surface area contributed by atoms with E-state index in [1.165, 1.54) is 0 Å². The number of nitrogens with two attached hydrogens (primary N) is 1. The first-order valence-corrected chi connectivity index (χ1v) is 4.51. The number of nitrogen functional groups attached to an aromatic ring is 1. The predicted octanol–water partition coefficient (Wildman–Crippen LogP) is 2.11. The Balaban J connectivity index is 3.06. The van der Waals surface area contributed by atoms with Crippen molar-refractivity contribution in [2.75, 3.05) is 17.3 Å². The summed E-state index contributed by atoms with van der Waals surface area (Å²) in [4.78, 5) is 4.07. The van der Waals surface area contributed by atoms with Gasteiger partial charge in [0.1, 0.15) is 5.82 Å². The molecule has 0 bridgehead atoms. The summed E-state index contributed by atoms with van der Waals surface area (Å²) in [6.45, 7) is 2.68. The first kappa shape index (κ1) is 10.4. The molecular formula is C7H10Cl2N4. The third kappa shape index (κ3) is 2.37. The molecule has 0 fully saturated rings. The quantitative estimate of drug-likeness (QED) is 0.540. The Morgan fingerprint density at radius 3 is 2.54 bits per heavy atom. The highest BCUT2D eigenvalue weighted by Crippen LogP contribution is 2.28. The number of hydrogen-bond acceptors (Lipinski definition) is 4. The van der Waals surface area contributed by atoms with Gasteiger partial charge in [-0.3, -0.25) is 0 Å². The van der Waals surface area contributed by atoms with Crippen molar-refractivity contribution in [2.45, 2.75) is 6.92 Å². The molecule has 6 heteroatoms. The Hall–Kier alpha value is -0.710. The number of pyridine rings is 1. The molecule has 0 aliphatic heterocycles. The van der Waals surface area contributed by atoms with E-state index < -0.39 is 0 Å². The predicted molar refractivity (Wildman–Crippen MR) is 56.2 cm³/mol. The Bertz CT molecular complexity index is 303. The Morgan fingerprint density at radius 1 is 1.38 bits per heavy atom. The maximum absolute atomic E-state index is 5.86. The summed E-state index contributed by atoms with van der Waals surface area (Å²) in [5.74, 6) is 6.17. The van der Waals surface area contributed by atoms with Crippen molar-refractivity contribution >= 4 is 34.8 Å². The second kappa shape index (κ2) is 4.50. The third-order valence-electron chi connectivity index (χ3n) is 1.41. The van der Waals surface area contributed by atoms with Crippen molar-refractivity contribution in [3.63, 3.8) is 0 Å². The Morgan fingerprint density at radius 2 is 2.00 bits per heavy atom. The SMILES string of the molecule is CCNc1nc(NN)c(Cl)cc1Cl. The van der Waals surface area contributed by atoms with Crippen molar-refractivity contribution in [3.8, 4) is 0 Å². The Labute approximate surface area is 86.4 Å². The largest absolute Gasteiger partial charge is 0.369 e. The minimum absolute atomic E-state index is 0.397. The molecule has 0 amide bonds. The van der Waals surface area contributed by atoms with Crippen LogP contribution in [0.5, 0.6) is 0 Å². The third-order valence-corrected chi connectivity index (χ3v) is 1.99. The van der Waals surface area contributed by atoms with Crippen molar-refractivity contribution < 1.29 is 0 Å². The van der Waals surface area contributed by atoms with Gasteiger partial charge in [0, 0.05) is 6.54 Å². The van der Waals surface area contributed by atoms with Gasteiger partial charge in [-0.15, -0.1) is 0 Å². The molecule has 1 heterocycles. The lowest BCUT2D eigenvalue weighted by molar-refractivity contribution is 1.14. The molecule has 1 aromatic heterocycles. The van der Waals surface area contributed by atoms with Crippen LogP contribution in [0, 0.1) is 0 Å². The zero-order chi connectivity index (χ0) is 9.84. The molecule has 0 aliphatic rings. The van der Waals surface area contributed by atoms with Crippen LogP contribution >= 0.6 is 23.2 Å². The zero-order valence-corrected chi connectivity index (χ0v) is 8.58. The van der Waals surface area contributed by atoms with Crippen molar-refractivity contribution in [1.29, 1.82) is 0 Å². The van der Waals surface area contributed by atoms with Gasteiger partial charge in [0.25, 0.3) is 0 Å². The number of hydrazine groups is 1. The molecular weight excluding hydrogens is 211 g/mol. The lowest BCUT2D eigenvalue weighted by atomic mass is 10.4. The van der Waals surface area contributed by atoms with E-state index in [-0.39, 0.29) is 0 Å². The van der Waals surface area contributed by atoms with Crippen LogP contribution in [-0.2, 0) is 0 Å². The van der Waals surface area contributed by atoms with Crippen LogP contribution in [0.2, 0.25) is 10.0 Å². The first-order valence-electron chi connectivity index (χ1n) is 3.75. The fourth-order valence-electron chi connectivity index (χ4n) is 0.859. The summed E-state index contributed by atoms with van der Waals surface area (Å²) in [6, 6.07) is 1.59. The van der Waals surface area contributed by atoms with Gasteiger partial charge in [-0.1, -0.05) is 23.2 Å². The highest BCUT2D eigenvalue weighted by molar-refractivity contribution is 6.37. The van der Waals surface area contributed by atoms with Crippen molar-refractivity contribution in [2.24, 2.45) is 5.84 Å². The smallest absolute Gasteiger partial charge is 0.161 e. The van der Waals surface area contributed by atoms with E-state index in [1.54, 1.807) is 6.07 Å². The van der Waals surface area contributed by atoms with Gasteiger partial charge in [-0.2, -0.15) is 0 Å². The number of rotatable bonds is 3. The summed E-state index contributed by atoms with van der Waals surface area (Å²) >= 11 is 11.6. The average molecular weight is 221 g/mol. The molecule has 1 rings (SSSR count). The maximum Gasteiger partial charge on any atom is 0.161 e. The summed E-state index contributed by atoms with van der Waals surface area (Å²) in [6.07, 6.45) is 0. The standard InChI is InChI=1S/C7H10Cl2N4/c1-2-11-6-4(8)3-5(9)7(12-6)13-10/h3H,2,10H2,1H3,(H2,11,12,13). The lowest BCUT2D eigenvalue weighted by Crippen LogP contribution is -2.11. The number of nitrogens with zero attached hydrogens (tertiary/aromatic N) is 1. The zero-order valence-electron chi connectivity index (χ0n) is 7.06. The van der Waals surface area contributed by atoms with Gasteiger partial charge >= 0.3 is 0 Å². The normalized spacial score (nSPS) is 9.85. The van der Waals surface area contributed by atoms with Crippen LogP contribution in [0.1, 0.15) is 6.92 Å². The second-order valence-electron chi connectivity index (χ2n) is 2.32. The van der Waals surface area contributed by atoms with Crippen LogP contribution in [0.25, 0.3) is 0 Å². The number of aromatic nitrogens is 1. The summed E-state index contributed by atoms with van der Waals surface area (Å²) in [5.41, 5.74) is 2.38. The van der Waals surface area contributed by atoms with Crippen molar-refractivity contribution in [3.05, 3.63) is 16.1 Å². The van der Waals surface area contributed by atoms with E-state index in [4.69, 9.17) is 29.0 Å². The molecule has 0 aromatic carbocycles. The number of hydrogen-bond donors (Lipinski definition) is 3. The molecule has 72 valence electrons. The molecule has 1 aromatic rings. The minimum atomic E-state index is 0.397. The van der Waals surface area contributed by atoms with Crippen LogP contribution in [-0.4, -0.2) is 11.5 Å². The van der Waals surface area contributed by atoms with Crippen LogP contribution in [0.3, 0.4) is 0 Å². The average Bonchev–Trinajstić information content (AvgIpc) is 2.10. The number of nitrogens with one attached hydrogen (secondary N) is 2. The van der Waals surface area contributed by atoms with Gasteiger partial charge in [-0.25, -0.2) is 10.8 Å². The van der Waals surface area contributed by atoms with Gasteiger partial charge in [0.2, 0.25) is 0 Å². The molecule has 0 radical (unpaired) electrons. The number of halogens is 2. The molecule has 0 atom stereocenters. The van der Waals surface area contributed by atoms with E-state index in [0.717, 1.165) is 6.54 Å². The van der Waals surface area contributed by atoms with Gasteiger partial charge in [0.05, 0.1) is 10.0 Å². The summed E-state index contributed by atoms with van der Waals surface area (Å²) in [7, 11) is 0. The van der Waals surface area contributed by atoms with Crippen LogP contribution in [0.4, 0.5) is 11.6 Å². The molecule has 0 spiro atoms. The molecule has 13 heavy (non-hydrogen) atoms. The summed E-state index contributed by atoms with van der Waals surface area (Å²) < 4.78 is 0. The topological polar surface area (TPSA) is 63.0 Å². The van der Waals surface area contributed by atoms with Gasteiger partial charge < -0.3 is 10.7 Å². The molecule has 0 unspecified atom stereocenters. The molecule has 4 N–H and O–H groups in total. The highest BCUT2D eigenvalue weighted by atomic mass is 35.5. The molecule has 0 saturated heterocycles. The van der Waals surface area contributed by atoms with Crippen molar-refractivity contribution in [1.82, 2.24) is 4.98 Å². The van der Waals surface area contributed by atoms with E-state index in [2.05, 4.69) is 15.7 Å². The van der Waals surface area contributed by atoms with E-state index in [0.29, 0.717) is 21.7 Å². The Kier molecular flexibility index (Phi) is 3.59. The lowest BCUT2D eigenvalue weighted by Gasteiger charge is -2.08. The van der Waals surface area contributed by atoms with E-state index in [1.807, 2.05) is 6.92 Å².